The summed E-state index contributed by atoms with van der Waals surface area (Å²) in [6.07, 6.45) is 0.412. The highest BCUT2D eigenvalue weighted by molar-refractivity contribution is 6.25. The van der Waals surface area contributed by atoms with Gasteiger partial charge in [-0.3, -0.25) is 4.79 Å². The van der Waals surface area contributed by atoms with E-state index in [0.29, 0.717) is 25.3 Å². The van der Waals surface area contributed by atoms with Crippen molar-refractivity contribution in [1.82, 2.24) is 4.90 Å². The van der Waals surface area contributed by atoms with E-state index in [1.54, 1.807) is 4.90 Å². The minimum absolute atomic E-state index is 0.0490. The summed E-state index contributed by atoms with van der Waals surface area (Å²) < 4.78 is 5.84. The van der Waals surface area contributed by atoms with Crippen LogP contribution in [-0.2, 0) is 21.5 Å². The molecular weight excluding hydrogens is 462 g/mol. The van der Waals surface area contributed by atoms with Crippen LogP contribution in [0.4, 0.5) is 16.2 Å². The second-order valence-electron chi connectivity index (χ2n) is 10.9. The predicted octanol–water partition coefficient (Wildman–Crippen LogP) is 6.54. The Labute approximate surface area is 218 Å². The average Bonchev–Trinajstić information content (AvgIpc) is 3.10. The summed E-state index contributed by atoms with van der Waals surface area (Å²) >= 11 is 0. The molecule has 2 heterocycles. The van der Waals surface area contributed by atoms with Gasteiger partial charge in [-0.15, -0.1) is 0 Å². The molecule has 1 atom stereocenters. The zero-order valence-corrected chi connectivity index (χ0v) is 21.9. The van der Waals surface area contributed by atoms with Crippen LogP contribution in [0.3, 0.4) is 0 Å². The number of amides is 2. The Morgan fingerprint density at radius 1 is 1.00 bits per heavy atom. The largest absolute Gasteiger partial charge is 0.443 e. The van der Waals surface area contributed by atoms with Gasteiger partial charge < -0.3 is 9.64 Å². The number of carbonyl (C=O) groups is 2. The first kappa shape index (κ1) is 24.8. The standard InChI is InChI=1S/C31H33N3O3/c1-22-11-10-14-24(19-22)32-28-31(17-18-33(27(35)20-31)21-23-12-6-5-7-13-23)25-15-8-9-16-26(25)34(28)29(36)37-30(2,3)4/h5-16,19H,17-18,20-21H2,1-4H3. The van der Waals surface area contributed by atoms with Crippen LogP contribution in [0.2, 0.25) is 0 Å². The van der Waals surface area contributed by atoms with E-state index in [1.165, 1.54) is 0 Å². The number of likely N-dealkylation sites (tertiary alicyclic amines) is 1. The summed E-state index contributed by atoms with van der Waals surface area (Å²) in [6.45, 7) is 8.71. The Balaban J connectivity index is 1.59. The normalized spacial score (nSPS) is 20.4. The van der Waals surface area contributed by atoms with Crippen molar-refractivity contribution in [3.63, 3.8) is 0 Å². The first-order valence-corrected chi connectivity index (χ1v) is 12.8. The number of anilines is 1. The highest BCUT2D eigenvalue weighted by atomic mass is 16.6. The Morgan fingerprint density at radius 3 is 2.43 bits per heavy atom. The fraction of sp³-hybridized carbons (Fsp3) is 0.323. The molecule has 0 aromatic heterocycles. The average molecular weight is 496 g/mol. The van der Waals surface area contributed by atoms with Crippen molar-refractivity contribution in [2.75, 3.05) is 11.4 Å². The van der Waals surface area contributed by atoms with Crippen molar-refractivity contribution < 1.29 is 14.3 Å². The van der Waals surface area contributed by atoms with Gasteiger partial charge in [0.1, 0.15) is 11.4 Å². The number of para-hydroxylation sites is 1. The van der Waals surface area contributed by atoms with Gasteiger partial charge in [0.25, 0.3) is 0 Å². The van der Waals surface area contributed by atoms with Gasteiger partial charge in [0.2, 0.25) is 5.91 Å². The molecule has 1 fully saturated rings. The number of fused-ring (bicyclic) bond motifs is 2. The van der Waals surface area contributed by atoms with Gasteiger partial charge in [-0.25, -0.2) is 14.7 Å². The predicted molar refractivity (Wildman–Crippen MR) is 146 cm³/mol. The first-order valence-electron chi connectivity index (χ1n) is 12.8. The topological polar surface area (TPSA) is 62.2 Å². The van der Waals surface area contributed by atoms with Crippen molar-refractivity contribution >= 4 is 29.2 Å². The molecule has 1 spiro atoms. The van der Waals surface area contributed by atoms with E-state index in [9.17, 15) is 9.59 Å². The molecule has 0 radical (unpaired) electrons. The van der Waals surface area contributed by atoms with Crippen LogP contribution in [0, 0.1) is 6.92 Å². The van der Waals surface area contributed by atoms with Gasteiger partial charge in [-0.2, -0.15) is 0 Å². The van der Waals surface area contributed by atoms with Gasteiger partial charge in [0.15, 0.2) is 0 Å². The number of piperidine rings is 1. The van der Waals surface area contributed by atoms with Crippen LogP contribution < -0.4 is 4.90 Å². The summed E-state index contributed by atoms with van der Waals surface area (Å²) in [5.74, 6) is 0.606. The summed E-state index contributed by atoms with van der Waals surface area (Å²) in [4.78, 5) is 35.8. The molecule has 0 N–H and O–H groups in total. The van der Waals surface area contributed by atoms with Crippen LogP contribution in [0.1, 0.15) is 50.3 Å². The number of ether oxygens (including phenoxy) is 1. The Kier molecular flexibility index (Phi) is 6.36. The van der Waals surface area contributed by atoms with Gasteiger partial charge in [0, 0.05) is 19.5 Å². The lowest BCUT2D eigenvalue weighted by molar-refractivity contribution is -0.135. The molecule has 1 saturated heterocycles. The lowest BCUT2D eigenvalue weighted by atomic mass is 9.73. The number of rotatable bonds is 3. The number of carbonyl (C=O) groups excluding carboxylic acids is 2. The fourth-order valence-corrected chi connectivity index (χ4v) is 5.29. The maximum Gasteiger partial charge on any atom is 0.420 e. The smallest absolute Gasteiger partial charge is 0.420 e. The first-order chi connectivity index (χ1) is 17.7. The zero-order valence-electron chi connectivity index (χ0n) is 21.9. The van der Waals surface area contributed by atoms with Crippen LogP contribution in [0.5, 0.6) is 0 Å². The number of nitrogens with zero attached hydrogens (tertiary/aromatic N) is 3. The Hall–Kier alpha value is -3.93. The third-order valence-electron chi connectivity index (χ3n) is 6.94. The second-order valence-corrected chi connectivity index (χ2v) is 10.9. The molecular formula is C31H33N3O3. The van der Waals surface area contributed by atoms with Crippen LogP contribution in [0.15, 0.2) is 83.9 Å². The van der Waals surface area contributed by atoms with Crippen molar-refractivity contribution in [2.24, 2.45) is 4.99 Å². The molecule has 0 saturated carbocycles. The van der Waals surface area contributed by atoms with Crippen molar-refractivity contribution in [1.29, 1.82) is 0 Å². The van der Waals surface area contributed by atoms with E-state index in [-0.39, 0.29) is 12.3 Å². The van der Waals surface area contributed by atoms with Gasteiger partial charge >= 0.3 is 6.09 Å². The van der Waals surface area contributed by atoms with E-state index in [1.807, 2.05) is 111 Å². The molecule has 3 aromatic rings. The molecule has 0 bridgehead atoms. The van der Waals surface area contributed by atoms with Crippen molar-refractivity contribution in [3.05, 3.63) is 95.6 Å². The molecule has 3 aromatic carbocycles. The van der Waals surface area contributed by atoms with Gasteiger partial charge in [-0.05, 0) is 69.0 Å². The monoisotopic (exact) mass is 495 g/mol. The van der Waals surface area contributed by atoms with E-state index >= 15 is 0 Å². The molecule has 5 rings (SSSR count). The number of aryl methyl sites for hydroxylation is 1. The lowest BCUT2D eigenvalue weighted by Crippen LogP contribution is -2.52. The maximum atomic E-state index is 13.7. The SMILES string of the molecule is Cc1cccc(N=C2N(C(=O)OC(C)(C)C)c3ccccc3C23CCN(Cc2ccccc2)C(=O)C3)c1. The zero-order chi connectivity index (χ0) is 26.2. The minimum atomic E-state index is -0.721. The molecule has 2 aliphatic rings. The number of aliphatic imine (C=N–C) groups is 1. The molecule has 0 aliphatic carbocycles. The second kappa shape index (κ2) is 9.51. The minimum Gasteiger partial charge on any atom is -0.443 e. The molecule has 6 nitrogen and oxygen atoms in total. The third kappa shape index (κ3) is 4.88. The molecule has 37 heavy (non-hydrogen) atoms. The lowest BCUT2D eigenvalue weighted by Gasteiger charge is -2.40. The summed E-state index contributed by atoms with van der Waals surface area (Å²) in [5, 5.41) is 0. The van der Waals surface area contributed by atoms with E-state index < -0.39 is 17.1 Å². The molecule has 6 heteroatoms. The molecule has 1 unspecified atom stereocenters. The summed E-state index contributed by atoms with van der Waals surface area (Å²) in [7, 11) is 0. The molecule has 190 valence electrons. The van der Waals surface area contributed by atoms with Gasteiger partial charge in [0.05, 0.1) is 16.8 Å². The summed E-state index contributed by atoms with van der Waals surface area (Å²) in [6, 6.07) is 25.7. The van der Waals surface area contributed by atoms with E-state index in [2.05, 4.69) is 0 Å². The number of benzene rings is 3. The summed E-state index contributed by atoms with van der Waals surface area (Å²) in [5.41, 5.74) is 3.20. The Bertz CT molecular complexity index is 1360. The van der Waals surface area contributed by atoms with Gasteiger partial charge in [-0.1, -0.05) is 60.7 Å². The van der Waals surface area contributed by atoms with Crippen molar-refractivity contribution in [2.45, 2.75) is 58.1 Å². The molecule has 2 aliphatic heterocycles. The van der Waals surface area contributed by atoms with E-state index in [4.69, 9.17) is 9.73 Å². The highest BCUT2D eigenvalue weighted by Crippen LogP contribution is 2.50. The Morgan fingerprint density at radius 2 is 1.73 bits per heavy atom. The third-order valence-corrected chi connectivity index (χ3v) is 6.94. The highest BCUT2D eigenvalue weighted by Gasteiger charge is 2.54. The van der Waals surface area contributed by atoms with Crippen LogP contribution >= 0.6 is 0 Å². The number of hydrogen-bond acceptors (Lipinski definition) is 4. The van der Waals surface area contributed by atoms with Crippen molar-refractivity contribution in [3.8, 4) is 0 Å². The number of amidine groups is 1. The van der Waals surface area contributed by atoms with Crippen LogP contribution in [-0.4, -0.2) is 34.9 Å². The quantitative estimate of drug-likeness (QED) is 0.414. The number of hydrogen-bond donors (Lipinski definition) is 0. The molecule has 2 amide bonds. The van der Waals surface area contributed by atoms with E-state index in [0.717, 1.165) is 28.1 Å². The van der Waals surface area contributed by atoms with Crippen LogP contribution in [0.25, 0.3) is 0 Å². The maximum absolute atomic E-state index is 13.7. The fourth-order valence-electron chi connectivity index (χ4n) is 5.29.